The lowest BCUT2D eigenvalue weighted by molar-refractivity contribution is -0.145. The van der Waals surface area contributed by atoms with Crippen LogP contribution in [0.1, 0.15) is 24.3 Å². The van der Waals surface area contributed by atoms with Crippen molar-refractivity contribution in [3.8, 4) is 0 Å². The monoisotopic (exact) mass is 286 g/mol. The summed E-state index contributed by atoms with van der Waals surface area (Å²) in [6.45, 7) is 3.59. The second-order valence-electron chi connectivity index (χ2n) is 4.15. The lowest BCUT2D eigenvalue weighted by atomic mass is 10.4. The zero-order chi connectivity index (χ0) is 15.1. The van der Waals surface area contributed by atoms with Crippen molar-refractivity contribution in [3.05, 3.63) is 5.69 Å². The average molecular weight is 286 g/mol. The molecule has 1 aromatic rings. The van der Waals surface area contributed by atoms with Crippen LogP contribution in [0.5, 0.6) is 0 Å². The number of anilines is 1. The van der Waals surface area contributed by atoms with Crippen LogP contribution in [0.2, 0.25) is 0 Å². The molecular formula is C11H18N4O5. The Balaban J connectivity index is 2.62. The van der Waals surface area contributed by atoms with E-state index in [0.717, 1.165) is 4.68 Å². The number of hydrogen-bond acceptors (Lipinski definition) is 8. The molecule has 9 nitrogen and oxygen atoms in total. The standard InChI is InChI=1S/C11H18N4O5/c1-7(2)20-11(17)9-10(12)15(14-13-9)6-8(16)19-5-4-18-3/h7H,4-6,12H2,1-3H3. The molecule has 0 aliphatic heterocycles. The van der Waals surface area contributed by atoms with E-state index in [2.05, 4.69) is 10.3 Å². The third-order valence-electron chi connectivity index (χ3n) is 2.14. The van der Waals surface area contributed by atoms with E-state index >= 15 is 0 Å². The first-order valence-corrected chi connectivity index (χ1v) is 6.00. The second kappa shape index (κ2) is 7.43. The van der Waals surface area contributed by atoms with Crippen LogP contribution in [0, 0.1) is 0 Å². The number of nitrogen functional groups attached to an aromatic ring is 1. The van der Waals surface area contributed by atoms with Crippen molar-refractivity contribution in [1.29, 1.82) is 0 Å². The summed E-state index contributed by atoms with van der Waals surface area (Å²) in [7, 11) is 1.50. The van der Waals surface area contributed by atoms with Crippen molar-refractivity contribution in [2.45, 2.75) is 26.5 Å². The highest BCUT2D eigenvalue weighted by atomic mass is 16.6. The van der Waals surface area contributed by atoms with Gasteiger partial charge in [-0.3, -0.25) is 4.79 Å². The van der Waals surface area contributed by atoms with Gasteiger partial charge in [0.15, 0.2) is 5.82 Å². The number of esters is 2. The third-order valence-corrected chi connectivity index (χ3v) is 2.14. The number of methoxy groups -OCH3 is 1. The molecule has 0 radical (unpaired) electrons. The first-order valence-electron chi connectivity index (χ1n) is 6.00. The molecule has 0 aliphatic rings. The lowest BCUT2D eigenvalue weighted by Gasteiger charge is -2.06. The van der Waals surface area contributed by atoms with Gasteiger partial charge < -0.3 is 19.9 Å². The molecule has 2 N–H and O–H groups in total. The van der Waals surface area contributed by atoms with Crippen LogP contribution in [0.4, 0.5) is 5.82 Å². The molecule has 0 aromatic carbocycles. The molecule has 0 bridgehead atoms. The molecule has 0 amide bonds. The highest BCUT2D eigenvalue weighted by Crippen LogP contribution is 2.10. The summed E-state index contributed by atoms with van der Waals surface area (Å²) in [4.78, 5) is 23.1. The van der Waals surface area contributed by atoms with Crippen molar-refractivity contribution in [2.24, 2.45) is 0 Å². The van der Waals surface area contributed by atoms with Gasteiger partial charge in [0.25, 0.3) is 0 Å². The molecule has 20 heavy (non-hydrogen) atoms. The van der Waals surface area contributed by atoms with Gasteiger partial charge in [-0.05, 0) is 13.8 Å². The summed E-state index contributed by atoms with van der Waals surface area (Å²) >= 11 is 0. The van der Waals surface area contributed by atoms with E-state index in [1.165, 1.54) is 7.11 Å². The van der Waals surface area contributed by atoms with Crippen LogP contribution < -0.4 is 5.73 Å². The van der Waals surface area contributed by atoms with Gasteiger partial charge in [0.2, 0.25) is 5.69 Å². The van der Waals surface area contributed by atoms with Crippen LogP contribution in [-0.2, 0) is 25.5 Å². The second-order valence-corrected chi connectivity index (χ2v) is 4.15. The van der Waals surface area contributed by atoms with Gasteiger partial charge in [0, 0.05) is 7.11 Å². The molecule has 1 rings (SSSR count). The zero-order valence-electron chi connectivity index (χ0n) is 11.7. The number of nitrogens with two attached hydrogens (primary N) is 1. The minimum atomic E-state index is -0.684. The Bertz CT molecular complexity index is 471. The molecule has 0 aliphatic carbocycles. The van der Waals surface area contributed by atoms with Crippen LogP contribution in [0.15, 0.2) is 0 Å². The normalized spacial score (nSPS) is 10.6. The number of nitrogens with zero attached hydrogens (tertiary/aromatic N) is 3. The Labute approximate surface area is 116 Å². The predicted octanol–water partition coefficient (Wildman–Crippen LogP) is -0.385. The molecule has 0 unspecified atom stereocenters. The van der Waals surface area contributed by atoms with Crippen molar-refractivity contribution >= 4 is 17.8 Å². The lowest BCUT2D eigenvalue weighted by Crippen LogP contribution is -2.19. The third kappa shape index (κ3) is 4.50. The van der Waals surface area contributed by atoms with Crippen LogP contribution in [-0.4, -0.2) is 53.4 Å². The summed E-state index contributed by atoms with van der Waals surface area (Å²) in [6, 6.07) is 0. The maximum absolute atomic E-state index is 11.6. The van der Waals surface area contributed by atoms with Gasteiger partial charge >= 0.3 is 11.9 Å². The molecule has 0 atom stereocenters. The van der Waals surface area contributed by atoms with Crippen LogP contribution in [0.25, 0.3) is 0 Å². The quantitative estimate of drug-likeness (QED) is 0.532. The summed E-state index contributed by atoms with van der Waals surface area (Å²) < 4.78 is 15.6. The summed E-state index contributed by atoms with van der Waals surface area (Å²) in [5, 5.41) is 7.22. The van der Waals surface area contributed by atoms with E-state index in [0.29, 0.717) is 6.61 Å². The fraction of sp³-hybridized carbons (Fsp3) is 0.636. The first-order chi connectivity index (χ1) is 9.45. The Hall–Kier alpha value is -2.16. The number of ether oxygens (including phenoxy) is 3. The largest absolute Gasteiger partial charge is 0.462 e. The number of carbonyl (C=O) groups excluding carboxylic acids is 2. The van der Waals surface area contributed by atoms with Crippen LogP contribution >= 0.6 is 0 Å². The van der Waals surface area contributed by atoms with E-state index in [-0.39, 0.29) is 30.8 Å². The van der Waals surface area contributed by atoms with E-state index in [4.69, 9.17) is 19.9 Å². The summed E-state index contributed by atoms with van der Waals surface area (Å²) in [5.74, 6) is -1.28. The molecule has 0 saturated carbocycles. The van der Waals surface area contributed by atoms with Crippen molar-refractivity contribution in [1.82, 2.24) is 15.0 Å². The van der Waals surface area contributed by atoms with Gasteiger partial charge in [-0.25, -0.2) is 9.48 Å². The van der Waals surface area contributed by atoms with E-state index in [1.807, 2.05) is 0 Å². The fourth-order valence-corrected chi connectivity index (χ4v) is 1.26. The first kappa shape index (κ1) is 15.9. The smallest absolute Gasteiger partial charge is 0.363 e. The number of carbonyl (C=O) groups is 2. The predicted molar refractivity (Wildman–Crippen MR) is 67.8 cm³/mol. The maximum atomic E-state index is 11.6. The Morgan fingerprint density at radius 2 is 2.05 bits per heavy atom. The Morgan fingerprint density at radius 3 is 2.65 bits per heavy atom. The maximum Gasteiger partial charge on any atom is 0.363 e. The highest BCUT2D eigenvalue weighted by Gasteiger charge is 2.21. The molecule has 112 valence electrons. The van der Waals surface area contributed by atoms with E-state index < -0.39 is 11.9 Å². The molecule has 0 fully saturated rings. The number of aromatic nitrogens is 3. The topological polar surface area (TPSA) is 119 Å². The van der Waals surface area contributed by atoms with E-state index in [9.17, 15) is 9.59 Å². The molecule has 0 saturated heterocycles. The minimum absolute atomic E-state index is 0.0423. The summed E-state index contributed by atoms with van der Waals surface area (Å²) in [6.07, 6.45) is -0.300. The number of rotatable bonds is 7. The molecule has 1 aromatic heterocycles. The molecule has 9 heteroatoms. The van der Waals surface area contributed by atoms with Gasteiger partial charge in [-0.2, -0.15) is 0 Å². The zero-order valence-corrected chi connectivity index (χ0v) is 11.7. The van der Waals surface area contributed by atoms with Gasteiger partial charge in [0.1, 0.15) is 13.2 Å². The highest BCUT2D eigenvalue weighted by molar-refractivity contribution is 5.92. The van der Waals surface area contributed by atoms with Gasteiger partial charge in [-0.15, -0.1) is 5.10 Å². The molecule has 0 spiro atoms. The average Bonchev–Trinajstić information content (AvgIpc) is 2.70. The molecule has 1 heterocycles. The minimum Gasteiger partial charge on any atom is -0.462 e. The van der Waals surface area contributed by atoms with Crippen LogP contribution in [0.3, 0.4) is 0 Å². The van der Waals surface area contributed by atoms with E-state index in [1.54, 1.807) is 13.8 Å². The van der Waals surface area contributed by atoms with Crippen molar-refractivity contribution < 1.29 is 23.8 Å². The Morgan fingerprint density at radius 1 is 1.35 bits per heavy atom. The SMILES string of the molecule is COCCOC(=O)Cn1nnc(C(=O)OC(C)C)c1N. The fourth-order valence-electron chi connectivity index (χ4n) is 1.26. The van der Waals surface area contributed by atoms with Gasteiger partial charge in [-0.1, -0.05) is 5.21 Å². The van der Waals surface area contributed by atoms with Gasteiger partial charge in [0.05, 0.1) is 12.7 Å². The van der Waals surface area contributed by atoms with Crippen molar-refractivity contribution in [3.63, 3.8) is 0 Å². The van der Waals surface area contributed by atoms with Crippen molar-refractivity contribution in [2.75, 3.05) is 26.1 Å². The Kier molecular flexibility index (Phi) is 5.91. The molecular weight excluding hydrogens is 268 g/mol. The number of hydrogen-bond donors (Lipinski definition) is 1. The summed E-state index contributed by atoms with van der Waals surface area (Å²) in [5.41, 5.74) is 5.57.